The van der Waals surface area contributed by atoms with Crippen molar-refractivity contribution in [1.82, 2.24) is 0 Å². The zero-order chi connectivity index (χ0) is 17.7. The number of carboxylic acids is 1. The molecule has 2 rings (SSSR count). The standard InChI is InChI=1S/C16H17NO6S/c1-22-14-8-7-13(10-15(14)23-2)24(20,21)17-12-5-3-11(4-6-12)9-16(18)19/h3-8,10,17H,9H2,1-2H3,(H,18,19)/p-1. The van der Waals surface area contributed by atoms with Crippen molar-refractivity contribution < 1.29 is 27.8 Å². The molecule has 0 spiro atoms. The van der Waals surface area contributed by atoms with E-state index < -0.39 is 16.0 Å². The number of hydrogen-bond donors (Lipinski definition) is 1. The van der Waals surface area contributed by atoms with Gasteiger partial charge in [0.25, 0.3) is 10.0 Å². The van der Waals surface area contributed by atoms with Crippen LogP contribution in [0.25, 0.3) is 0 Å². The minimum Gasteiger partial charge on any atom is -0.550 e. The molecule has 0 bridgehead atoms. The minimum absolute atomic E-state index is 0.0129. The maximum atomic E-state index is 12.4. The number of benzene rings is 2. The van der Waals surface area contributed by atoms with Gasteiger partial charge in [-0.05, 0) is 29.8 Å². The van der Waals surface area contributed by atoms with E-state index in [9.17, 15) is 18.3 Å². The molecule has 24 heavy (non-hydrogen) atoms. The van der Waals surface area contributed by atoms with Gasteiger partial charge in [0.15, 0.2) is 11.5 Å². The Morgan fingerprint density at radius 3 is 2.21 bits per heavy atom. The summed E-state index contributed by atoms with van der Waals surface area (Å²) in [6, 6.07) is 10.2. The van der Waals surface area contributed by atoms with Crippen LogP contribution in [0.1, 0.15) is 5.56 Å². The monoisotopic (exact) mass is 350 g/mol. The van der Waals surface area contributed by atoms with E-state index in [-0.39, 0.29) is 11.3 Å². The molecule has 0 aliphatic rings. The van der Waals surface area contributed by atoms with Crippen LogP contribution in [-0.4, -0.2) is 28.6 Å². The first-order valence-electron chi connectivity index (χ1n) is 6.89. The number of nitrogens with one attached hydrogen (secondary N) is 1. The van der Waals surface area contributed by atoms with Crippen molar-refractivity contribution in [3.05, 3.63) is 48.0 Å². The zero-order valence-electron chi connectivity index (χ0n) is 13.1. The number of methoxy groups -OCH3 is 2. The predicted molar refractivity (Wildman–Crippen MR) is 85.5 cm³/mol. The molecule has 128 valence electrons. The smallest absolute Gasteiger partial charge is 0.262 e. The van der Waals surface area contributed by atoms with Crippen LogP contribution in [0, 0.1) is 0 Å². The van der Waals surface area contributed by atoms with Gasteiger partial charge in [-0.3, -0.25) is 4.72 Å². The lowest BCUT2D eigenvalue weighted by molar-refractivity contribution is -0.304. The van der Waals surface area contributed by atoms with E-state index in [4.69, 9.17) is 9.47 Å². The summed E-state index contributed by atoms with van der Waals surface area (Å²) < 4.78 is 37.4. The maximum Gasteiger partial charge on any atom is 0.262 e. The lowest BCUT2D eigenvalue weighted by Gasteiger charge is -2.12. The number of carboxylic acid groups (broad SMARTS) is 1. The van der Waals surface area contributed by atoms with E-state index in [0.29, 0.717) is 22.7 Å². The number of hydrogen-bond acceptors (Lipinski definition) is 6. The van der Waals surface area contributed by atoms with Gasteiger partial charge >= 0.3 is 0 Å². The topological polar surface area (TPSA) is 105 Å². The van der Waals surface area contributed by atoms with Crippen molar-refractivity contribution in [3.8, 4) is 11.5 Å². The van der Waals surface area contributed by atoms with Crippen molar-refractivity contribution in [2.75, 3.05) is 18.9 Å². The molecule has 0 fully saturated rings. The molecule has 0 radical (unpaired) electrons. The highest BCUT2D eigenvalue weighted by molar-refractivity contribution is 7.92. The molecule has 0 aromatic heterocycles. The molecule has 0 saturated heterocycles. The number of carbonyl (C=O) groups excluding carboxylic acids is 1. The Balaban J connectivity index is 2.23. The van der Waals surface area contributed by atoms with Crippen molar-refractivity contribution >= 4 is 21.7 Å². The van der Waals surface area contributed by atoms with Crippen LogP contribution < -0.4 is 19.3 Å². The third kappa shape index (κ3) is 4.17. The molecule has 2 aromatic rings. The quantitative estimate of drug-likeness (QED) is 0.792. The Kier molecular flexibility index (Phi) is 5.30. The molecular formula is C16H16NO6S-. The van der Waals surface area contributed by atoms with E-state index in [0.717, 1.165) is 0 Å². The van der Waals surface area contributed by atoms with E-state index in [1.807, 2.05) is 0 Å². The van der Waals surface area contributed by atoms with Gasteiger partial charge in [-0.25, -0.2) is 8.42 Å². The Morgan fingerprint density at radius 1 is 1.04 bits per heavy atom. The number of aliphatic carboxylic acids is 1. The highest BCUT2D eigenvalue weighted by atomic mass is 32.2. The van der Waals surface area contributed by atoms with E-state index in [2.05, 4.69) is 4.72 Å². The van der Waals surface area contributed by atoms with E-state index in [1.54, 1.807) is 0 Å². The average molecular weight is 350 g/mol. The van der Waals surface area contributed by atoms with Crippen LogP contribution >= 0.6 is 0 Å². The molecule has 7 nitrogen and oxygen atoms in total. The molecule has 0 heterocycles. The van der Waals surface area contributed by atoms with Gasteiger partial charge in [-0.15, -0.1) is 0 Å². The number of anilines is 1. The normalized spacial score (nSPS) is 10.9. The summed E-state index contributed by atoms with van der Waals surface area (Å²) in [6.45, 7) is 0. The average Bonchev–Trinajstić information content (AvgIpc) is 2.55. The number of ether oxygens (including phenoxy) is 2. The zero-order valence-corrected chi connectivity index (χ0v) is 13.9. The second kappa shape index (κ2) is 7.22. The van der Waals surface area contributed by atoms with Crippen LogP contribution in [0.2, 0.25) is 0 Å². The maximum absolute atomic E-state index is 12.4. The summed E-state index contributed by atoms with van der Waals surface area (Å²) >= 11 is 0. The number of sulfonamides is 1. The van der Waals surface area contributed by atoms with Gasteiger partial charge in [0.1, 0.15) is 0 Å². The minimum atomic E-state index is -3.82. The summed E-state index contributed by atoms with van der Waals surface area (Å²) in [5.74, 6) is -0.485. The van der Waals surface area contributed by atoms with Gasteiger partial charge < -0.3 is 19.4 Å². The van der Waals surface area contributed by atoms with Crippen molar-refractivity contribution in [1.29, 1.82) is 0 Å². The van der Waals surface area contributed by atoms with Gasteiger partial charge in [0.05, 0.1) is 19.1 Å². The first kappa shape index (κ1) is 17.6. The fourth-order valence-electron chi connectivity index (χ4n) is 2.06. The third-order valence-electron chi connectivity index (χ3n) is 3.22. The SMILES string of the molecule is COc1ccc(S(=O)(=O)Nc2ccc(CC(=O)[O-])cc2)cc1OC. The van der Waals surface area contributed by atoms with Gasteiger partial charge in [0, 0.05) is 24.1 Å². The van der Waals surface area contributed by atoms with Crippen LogP contribution in [0.4, 0.5) is 5.69 Å². The molecule has 0 aliphatic heterocycles. The Morgan fingerprint density at radius 2 is 1.67 bits per heavy atom. The Hall–Kier alpha value is -2.74. The van der Waals surface area contributed by atoms with Crippen LogP contribution in [0.3, 0.4) is 0 Å². The fraction of sp³-hybridized carbons (Fsp3) is 0.188. The first-order valence-corrected chi connectivity index (χ1v) is 8.37. The second-order valence-corrected chi connectivity index (χ2v) is 6.55. The highest BCUT2D eigenvalue weighted by Gasteiger charge is 2.17. The molecule has 8 heteroatoms. The first-order chi connectivity index (χ1) is 11.4. The van der Waals surface area contributed by atoms with Gasteiger partial charge in [-0.1, -0.05) is 12.1 Å². The summed E-state index contributed by atoms with van der Waals surface area (Å²) in [6.07, 6.45) is -0.233. The largest absolute Gasteiger partial charge is 0.550 e. The highest BCUT2D eigenvalue weighted by Crippen LogP contribution is 2.30. The summed E-state index contributed by atoms with van der Waals surface area (Å²) in [5.41, 5.74) is 0.830. The third-order valence-corrected chi connectivity index (χ3v) is 4.60. The molecule has 2 aromatic carbocycles. The van der Waals surface area contributed by atoms with Crippen LogP contribution in [0.5, 0.6) is 11.5 Å². The molecule has 0 atom stereocenters. The number of carbonyl (C=O) groups is 1. The Bertz CT molecular complexity index is 830. The number of rotatable bonds is 7. The molecule has 0 amide bonds. The summed E-state index contributed by atoms with van der Waals surface area (Å²) in [7, 11) is -0.950. The molecular weight excluding hydrogens is 334 g/mol. The summed E-state index contributed by atoms with van der Waals surface area (Å²) in [5, 5.41) is 10.5. The predicted octanol–water partition coefficient (Wildman–Crippen LogP) is 0.797. The van der Waals surface area contributed by atoms with Crippen molar-refractivity contribution in [2.45, 2.75) is 11.3 Å². The molecule has 0 aliphatic carbocycles. The van der Waals surface area contributed by atoms with Crippen LogP contribution in [0.15, 0.2) is 47.4 Å². The van der Waals surface area contributed by atoms with Crippen LogP contribution in [-0.2, 0) is 21.2 Å². The van der Waals surface area contributed by atoms with E-state index >= 15 is 0 Å². The molecule has 0 saturated carbocycles. The lowest BCUT2D eigenvalue weighted by Crippen LogP contribution is -2.24. The molecule has 0 unspecified atom stereocenters. The molecule has 1 N–H and O–H groups in total. The fourth-order valence-corrected chi connectivity index (χ4v) is 3.13. The Labute approximate surface area is 139 Å². The van der Waals surface area contributed by atoms with E-state index in [1.165, 1.54) is 56.7 Å². The lowest BCUT2D eigenvalue weighted by atomic mass is 10.1. The van der Waals surface area contributed by atoms with Crippen molar-refractivity contribution in [3.63, 3.8) is 0 Å². The van der Waals surface area contributed by atoms with Crippen molar-refractivity contribution in [2.24, 2.45) is 0 Å². The van der Waals surface area contributed by atoms with Gasteiger partial charge in [0.2, 0.25) is 0 Å². The summed E-state index contributed by atoms with van der Waals surface area (Å²) in [4.78, 5) is 10.5. The second-order valence-electron chi connectivity index (χ2n) is 4.87. The van der Waals surface area contributed by atoms with Gasteiger partial charge in [-0.2, -0.15) is 0 Å².